The summed E-state index contributed by atoms with van der Waals surface area (Å²) in [6.07, 6.45) is 6.38. The minimum absolute atomic E-state index is 0.671. The molecule has 0 aliphatic carbocycles. The van der Waals surface area contributed by atoms with Crippen LogP contribution in [0.4, 0.5) is 5.95 Å². The Morgan fingerprint density at radius 2 is 1.93 bits per heavy atom. The molecule has 3 heterocycles. The highest BCUT2D eigenvalue weighted by atomic mass is 16.5. The van der Waals surface area contributed by atoms with Gasteiger partial charge in [0.1, 0.15) is 0 Å². The first kappa shape index (κ1) is 18.9. The monoisotopic (exact) mass is 369 g/mol. The Hall–Kier alpha value is -2.90. The van der Waals surface area contributed by atoms with Crippen LogP contribution in [-0.2, 0) is 6.54 Å². The molecule has 0 bridgehead atoms. The molecule has 0 unspecified atom stereocenters. The van der Waals surface area contributed by atoms with E-state index in [4.69, 9.17) is 4.74 Å². The lowest BCUT2D eigenvalue weighted by Crippen LogP contribution is -2.52. The van der Waals surface area contributed by atoms with Crippen molar-refractivity contribution in [3.8, 4) is 5.88 Å². The molecule has 0 atom stereocenters. The van der Waals surface area contributed by atoms with Gasteiger partial charge in [0.15, 0.2) is 5.96 Å². The number of ether oxygens (including phenoxy) is 1. The SMILES string of the molecule is CCCOc1ccc(CNC(=NC)N2CCN(c3ncccn3)CC2)cn1. The summed E-state index contributed by atoms with van der Waals surface area (Å²) in [6.45, 7) is 6.94. The molecule has 1 saturated heterocycles. The largest absolute Gasteiger partial charge is 0.478 e. The Kier molecular flexibility index (Phi) is 6.78. The summed E-state index contributed by atoms with van der Waals surface area (Å²) < 4.78 is 5.52. The average molecular weight is 369 g/mol. The number of aromatic nitrogens is 3. The summed E-state index contributed by atoms with van der Waals surface area (Å²) in [5.74, 6) is 2.36. The molecule has 27 heavy (non-hydrogen) atoms. The Morgan fingerprint density at radius 1 is 1.15 bits per heavy atom. The lowest BCUT2D eigenvalue weighted by Gasteiger charge is -2.36. The molecule has 2 aromatic heterocycles. The van der Waals surface area contributed by atoms with Gasteiger partial charge in [0.25, 0.3) is 0 Å². The highest BCUT2D eigenvalue weighted by Crippen LogP contribution is 2.11. The Morgan fingerprint density at radius 3 is 2.56 bits per heavy atom. The molecule has 0 spiro atoms. The van der Waals surface area contributed by atoms with Gasteiger partial charge in [-0.05, 0) is 18.1 Å². The first-order valence-electron chi connectivity index (χ1n) is 9.35. The minimum Gasteiger partial charge on any atom is -0.478 e. The molecule has 0 saturated carbocycles. The smallest absolute Gasteiger partial charge is 0.225 e. The van der Waals surface area contributed by atoms with Crippen molar-refractivity contribution in [2.75, 3.05) is 44.7 Å². The van der Waals surface area contributed by atoms with Crippen molar-refractivity contribution in [3.05, 3.63) is 42.4 Å². The molecule has 2 aromatic rings. The maximum atomic E-state index is 5.52. The van der Waals surface area contributed by atoms with E-state index in [-0.39, 0.29) is 0 Å². The molecular weight excluding hydrogens is 342 g/mol. The zero-order valence-corrected chi connectivity index (χ0v) is 16.0. The third-order valence-corrected chi connectivity index (χ3v) is 4.33. The lowest BCUT2D eigenvalue weighted by atomic mass is 10.3. The maximum absolute atomic E-state index is 5.52. The second kappa shape index (κ2) is 9.70. The van der Waals surface area contributed by atoms with Crippen LogP contribution in [0.1, 0.15) is 18.9 Å². The quantitative estimate of drug-likeness (QED) is 0.611. The zero-order chi connectivity index (χ0) is 18.9. The number of hydrogen-bond acceptors (Lipinski definition) is 6. The van der Waals surface area contributed by atoms with Gasteiger partial charge < -0.3 is 19.9 Å². The van der Waals surface area contributed by atoms with Crippen LogP contribution in [-0.4, -0.2) is 65.6 Å². The van der Waals surface area contributed by atoms with Crippen LogP contribution in [0.3, 0.4) is 0 Å². The van der Waals surface area contributed by atoms with E-state index < -0.39 is 0 Å². The van der Waals surface area contributed by atoms with Crippen molar-refractivity contribution in [1.82, 2.24) is 25.2 Å². The molecule has 8 heteroatoms. The minimum atomic E-state index is 0.671. The van der Waals surface area contributed by atoms with Gasteiger partial charge in [-0.3, -0.25) is 4.99 Å². The summed E-state index contributed by atoms with van der Waals surface area (Å²) in [5, 5.41) is 3.42. The Balaban J connectivity index is 1.48. The van der Waals surface area contributed by atoms with Crippen molar-refractivity contribution in [3.63, 3.8) is 0 Å². The molecule has 1 aliphatic rings. The molecule has 1 N–H and O–H groups in total. The Bertz CT molecular complexity index is 713. The van der Waals surface area contributed by atoms with Gasteiger partial charge in [0.2, 0.25) is 11.8 Å². The third kappa shape index (κ3) is 5.29. The van der Waals surface area contributed by atoms with E-state index in [2.05, 4.69) is 42.0 Å². The summed E-state index contributed by atoms with van der Waals surface area (Å²) in [4.78, 5) is 21.9. The number of aliphatic imine (C=N–C) groups is 1. The fourth-order valence-electron chi connectivity index (χ4n) is 2.89. The number of nitrogens with zero attached hydrogens (tertiary/aromatic N) is 6. The van der Waals surface area contributed by atoms with Crippen molar-refractivity contribution >= 4 is 11.9 Å². The van der Waals surface area contributed by atoms with E-state index in [1.54, 1.807) is 12.4 Å². The molecule has 1 aliphatic heterocycles. The lowest BCUT2D eigenvalue weighted by molar-refractivity contribution is 0.305. The number of guanidine groups is 1. The third-order valence-electron chi connectivity index (χ3n) is 4.33. The first-order valence-corrected chi connectivity index (χ1v) is 9.35. The van der Waals surface area contributed by atoms with E-state index in [0.29, 0.717) is 19.0 Å². The van der Waals surface area contributed by atoms with Crippen molar-refractivity contribution in [2.45, 2.75) is 19.9 Å². The number of hydrogen-bond donors (Lipinski definition) is 1. The van der Waals surface area contributed by atoms with E-state index in [9.17, 15) is 0 Å². The first-order chi connectivity index (χ1) is 13.3. The van der Waals surface area contributed by atoms with Crippen molar-refractivity contribution < 1.29 is 4.74 Å². The second-order valence-electron chi connectivity index (χ2n) is 6.28. The van der Waals surface area contributed by atoms with E-state index in [0.717, 1.165) is 50.1 Å². The van der Waals surface area contributed by atoms with Crippen LogP contribution in [0.25, 0.3) is 0 Å². The van der Waals surface area contributed by atoms with Crippen LogP contribution in [0.5, 0.6) is 5.88 Å². The van der Waals surface area contributed by atoms with Gasteiger partial charge in [-0.2, -0.15) is 0 Å². The van der Waals surface area contributed by atoms with E-state index in [1.807, 2.05) is 31.4 Å². The van der Waals surface area contributed by atoms with Crippen LogP contribution in [0, 0.1) is 0 Å². The summed E-state index contributed by atoms with van der Waals surface area (Å²) in [6, 6.07) is 5.78. The van der Waals surface area contributed by atoms with Gasteiger partial charge in [-0.15, -0.1) is 0 Å². The van der Waals surface area contributed by atoms with Gasteiger partial charge in [0, 0.05) is 64.4 Å². The number of rotatable bonds is 6. The van der Waals surface area contributed by atoms with Gasteiger partial charge >= 0.3 is 0 Å². The van der Waals surface area contributed by atoms with Gasteiger partial charge in [-0.1, -0.05) is 13.0 Å². The fraction of sp³-hybridized carbons (Fsp3) is 0.474. The zero-order valence-electron chi connectivity index (χ0n) is 16.0. The van der Waals surface area contributed by atoms with Crippen LogP contribution >= 0.6 is 0 Å². The molecule has 1 fully saturated rings. The predicted molar refractivity (Wildman–Crippen MR) is 106 cm³/mol. The van der Waals surface area contributed by atoms with Crippen molar-refractivity contribution in [1.29, 1.82) is 0 Å². The van der Waals surface area contributed by atoms with E-state index >= 15 is 0 Å². The topological polar surface area (TPSA) is 78.8 Å². The number of pyridine rings is 1. The van der Waals surface area contributed by atoms with Crippen LogP contribution < -0.4 is 15.0 Å². The van der Waals surface area contributed by atoms with E-state index in [1.165, 1.54) is 0 Å². The number of nitrogens with one attached hydrogen (secondary N) is 1. The fourth-order valence-corrected chi connectivity index (χ4v) is 2.89. The summed E-state index contributed by atoms with van der Waals surface area (Å²) in [5.41, 5.74) is 1.09. The average Bonchev–Trinajstić information content (AvgIpc) is 2.74. The molecule has 144 valence electrons. The highest BCUT2D eigenvalue weighted by molar-refractivity contribution is 5.80. The second-order valence-corrected chi connectivity index (χ2v) is 6.28. The van der Waals surface area contributed by atoms with Crippen LogP contribution in [0.2, 0.25) is 0 Å². The predicted octanol–water partition coefficient (Wildman–Crippen LogP) is 1.56. The molecule has 8 nitrogen and oxygen atoms in total. The molecule has 0 aromatic carbocycles. The Labute approximate surface area is 160 Å². The molecule has 0 amide bonds. The normalized spacial score (nSPS) is 15.0. The van der Waals surface area contributed by atoms with Gasteiger partial charge in [-0.25, -0.2) is 15.0 Å². The molecule has 3 rings (SSSR count). The number of anilines is 1. The molecule has 0 radical (unpaired) electrons. The van der Waals surface area contributed by atoms with Gasteiger partial charge in [0.05, 0.1) is 6.61 Å². The summed E-state index contributed by atoms with van der Waals surface area (Å²) >= 11 is 0. The standard InChI is InChI=1S/C19H27N7O/c1-3-13-27-17-6-5-16(14-23-17)15-24-18(20-2)25-9-11-26(12-10-25)19-21-7-4-8-22-19/h4-8,14H,3,9-13,15H2,1-2H3,(H,20,24). The highest BCUT2D eigenvalue weighted by Gasteiger charge is 2.20. The summed E-state index contributed by atoms with van der Waals surface area (Å²) in [7, 11) is 1.81. The maximum Gasteiger partial charge on any atom is 0.225 e. The number of piperazine rings is 1. The molecular formula is C19H27N7O. The van der Waals surface area contributed by atoms with Crippen molar-refractivity contribution in [2.24, 2.45) is 4.99 Å². The van der Waals surface area contributed by atoms with Crippen LogP contribution in [0.15, 0.2) is 41.8 Å².